The van der Waals surface area contributed by atoms with Gasteiger partial charge in [-0.2, -0.15) is 4.37 Å². The first kappa shape index (κ1) is 15.3. The van der Waals surface area contributed by atoms with Gasteiger partial charge in [0.05, 0.1) is 6.04 Å². The molecule has 2 saturated heterocycles. The third-order valence-corrected chi connectivity index (χ3v) is 6.10. The van der Waals surface area contributed by atoms with Crippen LogP contribution in [-0.2, 0) is 4.79 Å². The largest absolute Gasteiger partial charge is 0.343 e. The molecule has 1 aromatic heterocycles. The number of piperazine rings is 1. The van der Waals surface area contributed by atoms with E-state index in [9.17, 15) is 4.79 Å². The lowest BCUT2D eigenvalue weighted by molar-refractivity contribution is -0.137. The second-order valence-corrected chi connectivity index (χ2v) is 7.69. The van der Waals surface area contributed by atoms with Crippen molar-refractivity contribution in [2.24, 2.45) is 5.92 Å². The summed E-state index contributed by atoms with van der Waals surface area (Å²) < 4.78 is 4.26. The van der Waals surface area contributed by atoms with E-state index in [0.717, 1.165) is 50.2 Å². The van der Waals surface area contributed by atoms with Gasteiger partial charge in [0, 0.05) is 37.7 Å². The van der Waals surface area contributed by atoms with Gasteiger partial charge in [0.2, 0.25) is 11.0 Å². The van der Waals surface area contributed by atoms with Crippen LogP contribution in [0.25, 0.3) is 0 Å². The average Bonchev–Trinajstić information content (AvgIpc) is 3.07. The van der Waals surface area contributed by atoms with Gasteiger partial charge in [0.25, 0.3) is 0 Å². The number of likely N-dealkylation sites (tertiary alicyclic amines) is 1. The summed E-state index contributed by atoms with van der Waals surface area (Å²) in [6, 6.07) is 0.160. The topological polar surface area (TPSA) is 52.6 Å². The van der Waals surface area contributed by atoms with E-state index in [-0.39, 0.29) is 6.04 Å². The molecule has 3 aliphatic rings. The molecule has 3 fully saturated rings. The van der Waals surface area contributed by atoms with Gasteiger partial charge in [0.15, 0.2) is 0 Å². The predicted molar refractivity (Wildman–Crippen MR) is 90.8 cm³/mol. The van der Waals surface area contributed by atoms with Gasteiger partial charge in [-0.1, -0.05) is 0 Å². The molecule has 1 amide bonds. The van der Waals surface area contributed by atoms with Crippen LogP contribution in [0.1, 0.15) is 31.5 Å². The van der Waals surface area contributed by atoms with Crippen molar-refractivity contribution in [2.45, 2.75) is 38.6 Å². The van der Waals surface area contributed by atoms with Gasteiger partial charge >= 0.3 is 0 Å². The second-order valence-electron chi connectivity index (χ2n) is 6.96. The summed E-state index contributed by atoms with van der Waals surface area (Å²) in [7, 11) is 0. The number of carbonyl (C=O) groups is 1. The molecule has 126 valence electrons. The fourth-order valence-corrected chi connectivity index (χ4v) is 4.53. The van der Waals surface area contributed by atoms with Crippen LogP contribution in [0.3, 0.4) is 0 Å². The van der Waals surface area contributed by atoms with Crippen LogP contribution in [0, 0.1) is 12.8 Å². The zero-order valence-electron chi connectivity index (χ0n) is 13.8. The lowest BCUT2D eigenvalue weighted by Gasteiger charge is -2.38. The number of amides is 1. The van der Waals surface area contributed by atoms with Crippen molar-refractivity contribution in [1.82, 2.24) is 19.2 Å². The Morgan fingerprint density at radius 3 is 2.39 bits per heavy atom. The highest BCUT2D eigenvalue weighted by atomic mass is 32.1. The van der Waals surface area contributed by atoms with Gasteiger partial charge in [-0.05, 0) is 51.6 Å². The van der Waals surface area contributed by atoms with Crippen molar-refractivity contribution in [3.05, 3.63) is 5.82 Å². The Kier molecular flexibility index (Phi) is 4.24. The SMILES string of the molecule is Cc1nsc(N2CCN(C(=O)C(C3CC3)N3CCCC3)CC2)n1. The van der Waals surface area contributed by atoms with Crippen molar-refractivity contribution in [3.8, 4) is 0 Å². The third-order valence-electron chi connectivity index (χ3n) is 5.23. The molecule has 0 spiro atoms. The summed E-state index contributed by atoms with van der Waals surface area (Å²) in [5.74, 6) is 1.83. The maximum Gasteiger partial charge on any atom is 0.240 e. The Bertz CT molecular complexity index is 559. The number of aryl methyl sites for hydroxylation is 1. The van der Waals surface area contributed by atoms with Crippen molar-refractivity contribution in [2.75, 3.05) is 44.2 Å². The summed E-state index contributed by atoms with van der Waals surface area (Å²) in [5.41, 5.74) is 0. The summed E-state index contributed by atoms with van der Waals surface area (Å²) in [5, 5.41) is 0.993. The Morgan fingerprint density at radius 2 is 1.83 bits per heavy atom. The summed E-state index contributed by atoms with van der Waals surface area (Å²) in [4.78, 5) is 24.3. The lowest BCUT2D eigenvalue weighted by atomic mass is 10.1. The molecule has 2 aliphatic heterocycles. The molecule has 0 N–H and O–H groups in total. The Balaban J connectivity index is 1.38. The average molecular weight is 335 g/mol. The Hall–Kier alpha value is -1.21. The summed E-state index contributed by atoms with van der Waals surface area (Å²) in [6.07, 6.45) is 4.97. The van der Waals surface area contributed by atoms with Gasteiger partial charge in [-0.15, -0.1) is 0 Å². The molecule has 1 atom stereocenters. The minimum atomic E-state index is 0.160. The number of carbonyl (C=O) groups excluding carboxylic acids is 1. The highest BCUT2D eigenvalue weighted by molar-refractivity contribution is 7.09. The molecule has 1 aromatic rings. The van der Waals surface area contributed by atoms with Crippen LogP contribution in [0.2, 0.25) is 0 Å². The zero-order chi connectivity index (χ0) is 15.8. The van der Waals surface area contributed by atoms with E-state index >= 15 is 0 Å². The zero-order valence-corrected chi connectivity index (χ0v) is 14.6. The maximum absolute atomic E-state index is 13.1. The molecule has 7 heteroatoms. The first-order valence-electron chi connectivity index (χ1n) is 8.80. The number of hydrogen-bond donors (Lipinski definition) is 0. The first-order chi connectivity index (χ1) is 11.2. The van der Waals surface area contributed by atoms with E-state index in [0.29, 0.717) is 11.8 Å². The molecule has 1 unspecified atom stereocenters. The van der Waals surface area contributed by atoms with E-state index in [2.05, 4.69) is 24.1 Å². The molecule has 6 nitrogen and oxygen atoms in total. The van der Waals surface area contributed by atoms with Crippen LogP contribution >= 0.6 is 11.5 Å². The van der Waals surface area contributed by atoms with Crippen LogP contribution in [0.5, 0.6) is 0 Å². The molecule has 0 radical (unpaired) electrons. The molecular formula is C16H25N5OS. The summed E-state index contributed by atoms with van der Waals surface area (Å²) in [6.45, 7) is 7.52. The highest BCUT2D eigenvalue weighted by Crippen LogP contribution is 2.37. The molecule has 0 aromatic carbocycles. The van der Waals surface area contributed by atoms with Crippen molar-refractivity contribution in [1.29, 1.82) is 0 Å². The number of nitrogens with zero attached hydrogens (tertiary/aromatic N) is 5. The summed E-state index contributed by atoms with van der Waals surface area (Å²) >= 11 is 1.46. The quantitative estimate of drug-likeness (QED) is 0.832. The monoisotopic (exact) mass is 335 g/mol. The number of hydrogen-bond acceptors (Lipinski definition) is 6. The van der Waals surface area contributed by atoms with Crippen molar-refractivity contribution in [3.63, 3.8) is 0 Å². The van der Waals surface area contributed by atoms with Crippen molar-refractivity contribution >= 4 is 22.6 Å². The van der Waals surface area contributed by atoms with E-state index in [1.165, 1.54) is 37.2 Å². The normalized spacial score (nSPS) is 24.2. The van der Waals surface area contributed by atoms with E-state index < -0.39 is 0 Å². The number of aromatic nitrogens is 2. The smallest absolute Gasteiger partial charge is 0.240 e. The third kappa shape index (κ3) is 3.21. The molecule has 3 heterocycles. The van der Waals surface area contributed by atoms with Gasteiger partial charge in [0.1, 0.15) is 5.82 Å². The van der Waals surface area contributed by atoms with Crippen LogP contribution in [0.15, 0.2) is 0 Å². The van der Waals surface area contributed by atoms with Gasteiger partial charge in [-0.25, -0.2) is 4.98 Å². The fourth-order valence-electron chi connectivity index (χ4n) is 3.81. The fraction of sp³-hybridized carbons (Fsp3) is 0.812. The van der Waals surface area contributed by atoms with Gasteiger partial charge < -0.3 is 9.80 Å². The number of anilines is 1. The predicted octanol–water partition coefficient (Wildman–Crippen LogP) is 1.37. The van der Waals surface area contributed by atoms with E-state index in [1.54, 1.807) is 0 Å². The Labute approximate surface area is 141 Å². The van der Waals surface area contributed by atoms with Crippen LogP contribution in [-0.4, -0.2) is 70.4 Å². The minimum absolute atomic E-state index is 0.160. The standard InChI is InChI=1S/C16H25N5OS/c1-12-17-16(23-18-12)21-10-8-20(9-11-21)15(22)14(13-4-5-13)19-6-2-3-7-19/h13-14H,2-11H2,1H3. The van der Waals surface area contributed by atoms with E-state index in [1.807, 2.05) is 6.92 Å². The van der Waals surface area contributed by atoms with Crippen molar-refractivity contribution < 1.29 is 4.79 Å². The first-order valence-corrected chi connectivity index (χ1v) is 9.58. The molecule has 1 aliphatic carbocycles. The number of rotatable bonds is 4. The highest BCUT2D eigenvalue weighted by Gasteiger charge is 2.43. The Morgan fingerprint density at radius 1 is 1.13 bits per heavy atom. The maximum atomic E-state index is 13.1. The molecular weight excluding hydrogens is 310 g/mol. The molecule has 4 rings (SSSR count). The molecule has 23 heavy (non-hydrogen) atoms. The molecule has 0 bridgehead atoms. The molecule has 1 saturated carbocycles. The van der Waals surface area contributed by atoms with Crippen LogP contribution < -0.4 is 4.90 Å². The van der Waals surface area contributed by atoms with E-state index in [4.69, 9.17) is 0 Å². The van der Waals surface area contributed by atoms with Crippen LogP contribution in [0.4, 0.5) is 5.13 Å². The minimum Gasteiger partial charge on any atom is -0.343 e. The van der Waals surface area contributed by atoms with Gasteiger partial charge in [-0.3, -0.25) is 9.69 Å². The lowest BCUT2D eigenvalue weighted by Crippen LogP contribution is -2.55. The second kappa shape index (κ2) is 6.36.